The van der Waals surface area contributed by atoms with Gasteiger partial charge in [0.05, 0.1) is 20.8 Å². The summed E-state index contributed by atoms with van der Waals surface area (Å²) in [6.45, 7) is 4.40. The highest BCUT2D eigenvalue weighted by Gasteiger charge is 2.19. The Morgan fingerprint density at radius 2 is 1.09 bits per heavy atom. The fourth-order valence-electron chi connectivity index (χ4n) is 2.62. The summed E-state index contributed by atoms with van der Waals surface area (Å²) in [5.74, 6) is 0. The van der Waals surface area contributed by atoms with E-state index in [1.54, 1.807) is 0 Å². The van der Waals surface area contributed by atoms with Crippen molar-refractivity contribution in [1.29, 1.82) is 0 Å². The van der Waals surface area contributed by atoms with Crippen LogP contribution in [0.3, 0.4) is 0 Å². The summed E-state index contributed by atoms with van der Waals surface area (Å²) < 4.78 is 34.8. The Kier molecular flexibility index (Phi) is 9.44. The summed E-state index contributed by atoms with van der Waals surface area (Å²) in [4.78, 5) is 17.6. The van der Waals surface area contributed by atoms with E-state index in [0.717, 1.165) is 12.8 Å². The van der Waals surface area contributed by atoms with E-state index in [1.807, 2.05) is 0 Å². The summed E-state index contributed by atoms with van der Waals surface area (Å²) in [6, 6.07) is 19.7. The standard InChI is InChI=1S/C16H18I.C6H4N2O7S/c1-3-13-5-9-15(10-6-13)17-16-11-7-14(4-2)8-12-16;9-7(10)4-1-5(8(11)12)3-6(2-4)16(13,14)15/h5-12H,3-4H2,1-2H3;1-3H,(H,13,14,15)/q+1;/p-1. The van der Waals surface area contributed by atoms with Crippen LogP contribution in [0.5, 0.6) is 0 Å². The molecular formula is C22H21IN2O7S. The van der Waals surface area contributed by atoms with Crippen LogP contribution in [0, 0.1) is 27.4 Å². The summed E-state index contributed by atoms with van der Waals surface area (Å²) in [6.07, 6.45) is 2.26. The molecular weight excluding hydrogens is 563 g/mol. The van der Waals surface area contributed by atoms with Gasteiger partial charge in [-0.3, -0.25) is 20.2 Å². The number of non-ortho nitro benzene ring substituents is 2. The molecule has 3 aromatic carbocycles. The van der Waals surface area contributed by atoms with E-state index in [1.165, 1.54) is 18.3 Å². The highest BCUT2D eigenvalue weighted by molar-refractivity contribution is 7.85. The molecule has 0 saturated carbocycles. The number of rotatable bonds is 7. The monoisotopic (exact) mass is 584 g/mol. The first kappa shape index (κ1) is 26.4. The average Bonchev–Trinajstić information content (AvgIpc) is 2.79. The van der Waals surface area contributed by atoms with Gasteiger partial charge in [0.15, 0.2) is 7.14 Å². The van der Waals surface area contributed by atoms with Crippen LogP contribution >= 0.6 is 0 Å². The number of hydrogen-bond donors (Lipinski definition) is 0. The van der Waals surface area contributed by atoms with Crippen LogP contribution in [0.1, 0.15) is 25.0 Å². The van der Waals surface area contributed by atoms with Crippen molar-refractivity contribution in [2.45, 2.75) is 31.6 Å². The van der Waals surface area contributed by atoms with Gasteiger partial charge in [0.25, 0.3) is 11.4 Å². The minimum Gasteiger partial charge on any atom is -0.744 e. The highest BCUT2D eigenvalue weighted by atomic mass is 127. The molecule has 9 nitrogen and oxygen atoms in total. The minimum absolute atomic E-state index is 0.00746. The van der Waals surface area contributed by atoms with Crippen LogP contribution in [0.2, 0.25) is 0 Å². The van der Waals surface area contributed by atoms with E-state index in [9.17, 15) is 33.2 Å². The van der Waals surface area contributed by atoms with Gasteiger partial charge < -0.3 is 4.55 Å². The van der Waals surface area contributed by atoms with Crippen LogP contribution in [-0.2, 0) is 23.0 Å². The molecule has 0 fully saturated rings. The van der Waals surface area contributed by atoms with Crippen molar-refractivity contribution < 1.29 is 44.0 Å². The van der Waals surface area contributed by atoms with Gasteiger partial charge in [0.2, 0.25) is 0 Å². The first-order valence-corrected chi connectivity index (χ1v) is 13.3. The topological polar surface area (TPSA) is 143 Å². The molecule has 0 aromatic heterocycles. The van der Waals surface area contributed by atoms with Crippen molar-refractivity contribution in [3.05, 3.63) is 105 Å². The lowest BCUT2D eigenvalue weighted by Gasteiger charge is -2.05. The lowest BCUT2D eigenvalue weighted by molar-refractivity contribution is -0.597. The molecule has 3 aromatic rings. The Labute approximate surface area is 201 Å². The molecule has 11 heteroatoms. The lowest BCUT2D eigenvalue weighted by Crippen LogP contribution is -3.61. The van der Waals surface area contributed by atoms with Crippen LogP contribution in [0.25, 0.3) is 0 Å². The van der Waals surface area contributed by atoms with E-state index in [4.69, 9.17) is 0 Å². The molecule has 0 unspecified atom stereocenters. The minimum atomic E-state index is -4.97. The van der Waals surface area contributed by atoms with Crippen LogP contribution in [0.4, 0.5) is 11.4 Å². The maximum absolute atomic E-state index is 10.6. The Bertz CT molecular complexity index is 1150. The third-order valence-electron chi connectivity index (χ3n) is 4.45. The van der Waals surface area contributed by atoms with Crippen molar-refractivity contribution in [3.63, 3.8) is 0 Å². The van der Waals surface area contributed by atoms with Crippen LogP contribution in [0.15, 0.2) is 71.6 Å². The van der Waals surface area contributed by atoms with Gasteiger partial charge in [0, 0.05) is 12.1 Å². The molecule has 174 valence electrons. The molecule has 0 radical (unpaired) electrons. The number of aryl methyl sites for hydroxylation is 2. The van der Waals surface area contributed by atoms with Crippen molar-refractivity contribution in [2.75, 3.05) is 0 Å². The number of halogens is 1. The molecule has 0 heterocycles. The Morgan fingerprint density at radius 3 is 1.36 bits per heavy atom. The average molecular weight is 584 g/mol. The zero-order chi connectivity index (χ0) is 24.6. The maximum atomic E-state index is 10.6. The van der Waals surface area contributed by atoms with Crippen LogP contribution < -0.4 is 21.2 Å². The molecule has 0 aliphatic rings. The van der Waals surface area contributed by atoms with E-state index in [2.05, 4.69) is 62.4 Å². The number of hydrogen-bond acceptors (Lipinski definition) is 7. The largest absolute Gasteiger partial charge is 0.744 e. The molecule has 33 heavy (non-hydrogen) atoms. The van der Waals surface area contributed by atoms with E-state index in [0.29, 0.717) is 18.2 Å². The zero-order valence-electron chi connectivity index (χ0n) is 17.8. The fraction of sp³-hybridized carbons (Fsp3) is 0.182. The van der Waals surface area contributed by atoms with E-state index in [-0.39, 0.29) is 21.2 Å². The normalized spacial score (nSPS) is 10.8. The van der Waals surface area contributed by atoms with Gasteiger partial charge in [-0.2, -0.15) is 0 Å². The van der Waals surface area contributed by atoms with Gasteiger partial charge in [-0.1, -0.05) is 38.1 Å². The first-order valence-electron chi connectivity index (χ1n) is 9.76. The molecule has 0 amide bonds. The second kappa shape index (κ2) is 11.8. The van der Waals surface area contributed by atoms with Crippen LogP contribution in [-0.4, -0.2) is 22.8 Å². The van der Waals surface area contributed by atoms with Crippen molar-refractivity contribution in [3.8, 4) is 0 Å². The van der Waals surface area contributed by atoms with Gasteiger partial charge in [-0.15, -0.1) is 0 Å². The summed E-state index contributed by atoms with van der Waals surface area (Å²) in [7, 11) is -4.97. The Balaban J connectivity index is 0.000000234. The summed E-state index contributed by atoms with van der Waals surface area (Å²) in [5.41, 5.74) is 1.20. The third-order valence-corrected chi connectivity index (χ3v) is 7.94. The third kappa shape index (κ3) is 8.18. The maximum Gasteiger partial charge on any atom is 0.357 e. The fourth-order valence-corrected chi connectivity index (χ4v) is 5.30. The number of nitrogens with zero attached hydrogens (tertiary/aromatic N) is 2. The quantitative estimate of drug-likeness (QED) is 0.177. The van der Waals surface area contributed by atoms with Gasteiger partial charge >= 0.3 is 21.2 Å². The second-order valence-corrected chi connectivity index (χ2v) is 11.1. The predicted molar refractivity (Wildman–Crippen MR) is 117 cm³/mol. The molecule has 0 spiro atoms. The van der Waals surface area contributed by atoms with Crippen molar-refractivity contribution in [1.82, 2.24) is 0 Å². The molecule has 0 bridgehead atoms. The van der Waals surface area contributed by atoms with Gasteiger partial charge in [-0.25, -0.2) is 8.42 Å². The number of nitro groups is 2. The SMILES string of the molecule is CCc1ccc([I+]c2ccc(CC)cc2)cc1.O=[N+]([O-])c1cc([N+](=O)[O-])cc(S(=O)(=O)[O-])c1. The first-order chi connectivity index (χ1) is 15.5. The number of benzene rings is 3. The lowest BCUT2D eigenvalue weighted by atomic mass is 10.2. The second-order valence-electron chi connectivity index (χ2n) is 6.71. The molecule has 0 saturated heterocycles. The molecule has 0 N–H and O–H groups in total. The Hall–Kier alpha value is -2.90. The zero-order valence-corrected chi connectivity index (χ0v) is 20.8. The predicted octanol–water partition coefficient (Wildman–Crippen LogP) is 1.35. The van der Waals surface area contributed by atoms with Crippen molar-refractivity contribution >= 4 is 21.5 Å². The molecule has 0 atom stereocenters. The van der Waals surface area contributed by atoms with E-state index >= 15 is 0 Å². The van der Waals surface area contributed by atoms with Gasteiger partial charge in [0.1, 0.15) is 10.1 Å². The number of nitro benzene ring substituents is 2. The van der Waals surface area contributed by atoms with Crippen molar-refractivity contribution in [2.24, 2.45) is 0 Å². The van der Waals surface area contributed by atoms with Gasteiger partial charge in [-0.05, 0) is 48.2 Å². The molecule has 0 aliphatic heterocycles. The molecule has 0 aliphatic carbocycles. The Morgan fingerprint density at radius 1 is 0.727 bits per heavy atom. The van der Waals surface area contributed by atoms with E-state index < -0.39 is 36.2 Å². The summed E-state index contributed by atoms with van der Waals surface area (Å²) >= 11 is -0.00746. The smallest absolute Gasteiger partial charge is 0.357 e. The highest BCUT2D eigenvalue weighted by Crippen LogP contribution is 2.25. The molecule has 3 rings (SSSR count). The summed E-state index contributed by atoms with van der Waals surface area (Å²) in [5, 5.41) is 20.7.